The van der Waals surface area contributed by atoms with Crippen LogP contribution in [0.1, 0.15) is 32.4 Å². The van der Waals surface area contributed by atoms with Crippen molar-refractivity contribution in [3.63, 3.8) is 0 Å². The molecule has 1 aromatic carbocycles. The SMILES string of the molecule is Cn1c(=O)[nH]c2ccc(C3CN(C(=O)OC(C)(C)C)CCN3)cc21. The highest BCUT2D eigenvalue weighted by molar-refractivity contribution is 5.76. The number of aromatic amines is 1. The quantitative estimate of drug-likeness (QED) is 0.834. The Morgan fingerprint density at radius 2 is 2.08 bits per heavy atom. The molecule has 1 aromatic heterocycles. The van der Waals surface area contributed by atoms with Crippen molar-refractivity contribution in [3.8, 4) is 0 Å². The number of hydrogen-bond acceptors (Lipinski definition) is 4. The molecule has 2 aromatic rings. The first-order chi connectivity index (χ1) is 11.2. The number of aryl methyl sites for hydroxylation is 1. The number of fused-ring (bicyclic) bond motifs is 1. The molecule has 24 heavy (non-hydrogen) atoms. The van der Waals surface area contributed by atoms with Crippen LogP contribution >= 0.6 is 0 Å². The first-order valence-corrected chi connectivity index (χ1v) is 8.14. The Hall–Kier alpha value is -2.28. The van der Waals surface area contributed by atoms with E-state index in [-0.39, 0.29) is 17.8 Å². The standard InChI is InChI=1S/C17H24N4O3/c1-17(2,3)24-16(23)21-8-7-18-13(10-21)11-5-6-12-14(9-11)20(4)15(22)19-12/h5-6,9,13,18H,7-8,10H2,1-4H3,(H,19,22). The van der Waals surface area contributed by atoms with Crippen LogP contribution in [0.2, 0.25) is 0 Å². The second-order valence-corrected chi connectivity index (χ2v) is 7.20. The summed E-state index contributed by atoms with van der Waals surface area (Å²) in [6.45, 7) is 7.46. The predicted octanol–water partition coefficient (Wildman–Crippen LogP) is 1.75. The average molecular weight is 332 g/mol. The monoisotopic (exact) mass is 332 g/mol. The Morgan fingerprint density at radius 3 is 2.79 bits per heavy atom. The van der Waals surface area contributed by atoms with Crippen molar-refractivity contribution in [2.24, 2.45) is 7.05 Å². The van der Waals surface area contributed by atoms with E-state index in [2.05, 4.69) is 10.3 Å². The summed E-state index contributed by atoms with van der Waals surface area (Å²) in [7, 11) is 1.74. The first kappa shape index (κ1) is 16.6. The number of aromatic nitrogens is 2. The van der Waals surface area contributed by atoms with Crippen molar-refractivity contribution < 1.29 is 9.53 Å². The van der Waals surface area contributed by atoms with Gasteiger partial charge in [0.05, 0.1) is 17.1 Å². The Morgan fingerprint density at radius 1 is 1.33 bits per heavy atom. The van der Waals surface area contributed by atoms with Crippen molar-refractivity contribution in [1.82, 2.24) is 19.8 Å². The molecule has 1 aliphatic rings. The van der Waals surface area contributed by atoms with Gasteiger partial charge in [0.15, 0.2) is 0 Å². The Balaban J connectivity index is 1.81. The maximum Gasteiger partial charge on any atom is 0.410 e. The highest BCUT2D eigenvalue weighted by Gasteiger charge is 2.28. The Labute approximate surface area is 140 Å². The van der Waals surface area contributed by atoms with Gasteiger partial charge in [0.2, 0.25) is 0 Å². The van der Waals surface area contributed by atoms with E-state index in [0.717, 1.165) is 16.6 Å². The summed E-state index contributed by atoms with van der Waals surface area (Å²) in [5.74, 6) is 0. The second kappa shape index (κ2) is 5.98. The molecular weight excluding hydrogens is 308 g/mol. The number of amides is 1. The van der Waals surface area contributed by atoms with Crippen molar-refractivity contribution in [2.45, 2.75) is 32.4 Å². The summed E-state index contributed by atoms with van der Waals surface area (Å²) >= 11 is 0. The maximum absolute atomic E-state index is 12.3. The van der Waals surface area contributed by atoms with Gasteiger partial charge in [0.1, 0.15) is 5.60 Å². The second-order valence-electron chi connectivity index (χ2n) is 7.20. The number of hydrogen-bond donors (Lipinski definition) is 2. The van der Waals surface area contributed by atoms with E-state index in [0.29, 0.717) is 19.6 Å². The molecule has 2 heterocycles. The number of H-pyrrole nitrogens is 1. The molecule has 0 aliphatic carbocycles. The molecule has 1 unspecified atom stereocenters. The van der Waals surface area contributed by atoms with Gasteiger partial charge in [0.25, 0.3) is 0 Å². The average Bonchev–Trinajstić information content (AvgIpc) is 2.80. The summed E-state index contributed by atoms with van der Waals surface area (Å²) in [6.07, 6.45) is -0.288. The molecule has 1 amide bonds. The van der Waals surface area contributed by atoms with Gasteiger partial charge >= 0.3 is 11.8 Å². The third-order valence-electron chi connectivity index (χ3n) is 4.16. The Kier molecular flexibility index (Phi) is 4.13. The van der Waals surface area contributed by atoms with E-state index in [1.54, 1.807) is 16.5 Å². The number of nitrogens with one attached hydrogen (secondary N) is 2. The molecule has 7 nitrogen and oxygen atoms in total. The third kappa shape index (κ3) is 3.31. The van der Waals surface area contributed by atoms with E-state index in [1.165, 1.54) is 0 Å². The van der Waals surface area contributed by atoms with Gasteiger partial charge in [-0.1, -0.05) is 6.07 Å². The highest BCUT2D eigenvalue weighted by Crippen LogP contribution is 2.22. The van der Waals surface area contributed by atoms with E-state index in [9.17, 15) is 9.59 Å². The van der Waals surface area contributed by atoms with Crippen LogP contribution in [0.3, 0.4) is 0 Å². The van der Waals surface area contributed by atoms with Crippen molar-refractivity contribution in [2.75, 3.05) is 19.6 Å². The van der Waals surface area contributed by atoms with Crippen LogP contribution in [0.15, 0.2) is 23.0 Å². The molecule has 1 saturated heterocycles. The van der Waals surface area contributed by atoms with E-state index in [4.69, 9.17) is 4.74 Å². The Bertz CT molecular complexity index is 815. The molecule has 3 rings (SSSR count). The van der Waals surface area contributed by atoms with Crippen LogP contribution in [0.4, 0.5) is 4.79 Å². The third-order valence-corrected chi connectivity index (χ3v) is 4.16. The van der Waals surface area contributed by atoms with Crippen molar-refractivity contribution in [3.05, 3.63) is 34.2 Å². The predicted molar refractivity (Wildman–Crippen MR) is 92.1 cm³/mol. The number of benzene rings is 1. The van der Waals surface area contributed by atoms with Gasteiger partial charge in [-0.2, -0.15) is 0 Å². The number of imidazole rings is 1. The normalized spacial score (nSPS) is 18.8. The lowest BCUT2D eigenvalue weighted by molar-refractivity contribution is 0.0195. The highest BCUT2D eigenvalue weighted by atomic mass is 16.6. The summed E-state index contributed by atoms with van der Waals surface area (Å²) in [4.78, 5) is 28.5. The number of ether oxygens (including phenoxy) is 1. The van der Waals surface area contributed by atoms with Crippen molar-refractivity contribution in [1.29, 1.82) is 0 Å². The number of carbonyl (C=O) groups is 1. The largest absolute Gasteiger partial charge is 0.444 e. The molecule has 2 N–H and O–H groups in total. The smallest absolute Gasteiger partial charge is 0.410 e. The minimum atomic E-state index is -0.500. The van der Waals surface area contributed by atoms with Crippen LogP contribution in [0.25, 0.3) is 11.0 Å². The van der Waals surface area contributed by atoms with E-state index in [1.807, 2.05) is 39.0 Å². The fourth-order valence-corrected chi connectivity index (χ4v) is 2.92. The molecule has 0 bridgehead atoms. The van der Waals surface area contributed by atoms with Crippen molar-refractivity contribution >= 4 is 17.1 Å². The molecule has 0 radical (unpaired) electrons. The van der Waals surface area contributed by atoms with Crippen LogP contribution in [-0.4, -0.2) is 45.8 Å². The van der Waals surface area contributed by atoms with E-state index >= 15 is 0 Å². The molecule has 1 aliphatic heterocycles. The lowest BCUT2D eigenvalue weighted by atomic mass is 10.0. The van der Waals surface area contributed by atoms with Crippen LogP contribution in [0, 0.1) is 0 Å². The molecular formula is C17H24N4O3. The summed E-state index contributed by atoms with van der Waals surface area (Å²) in [5.41, 5.74) is 2.08. The van der Waals surface area contributed by atoms with Gasteiger partial charge in [-0.3, -0.25) is 4.57 Å². The molecule has 0 spiro atoms. The summed E-state index contributed by atoms with van der Waals surface area (Å²) < 4.78 is 7.05. The van der Waals surface area contributed by atoms with Gasteiger partial charge < -0.3 is 19.9 Å². The number of nitrogens with zero attached hydrogens (tertiary/aromatic N) is 2. The lowest BCUT2D eigenvalue weighted by Crippen LogP contribution is -2.49. The fourth-order valence-electron chi connectivity index (χ4n) is 2.92. The van der Waals surface area contributed by atoms with Gasteiger partial charge in [-0.15, -0.1) is 0 Å². The minimum Gasteiger partial charge on any atom is -0.444 e. The first-order valence-electron chi connectivity index (χ1n) is 8.14. The van der Waals surface area contributed by atoms with Gasteiger partial charge in [0, 0.05) is 26.7 Å². The van der Waals surface area contributed by atoms with Gasteiger partial charge in [-0.25, -0.2) is 9.59 Å². The van der Waals surface area contributed by atoms with Crippen LogP contribution < -0.4 is 11.0 Å². The topological polar surface area (TPSA) is 79.4 Å². The minimum absolute atomic E-state index is 0.0145. The van der Waals surface area contributed by atoms with E-state index < -0.39 is 5.60 Å². The van der Waals surface area contributed by atoms with Crippen LogP contribution in [0.5, 0.6) is 0 Å². The lowest BCUT2D eigenvalue weighted by Gasteiger charge is -2.35. The molecule has 130 valence electrons. The number of piperazine rings is 1. The molecule has 1 atom stereocenters. The van der Waals surface area contributed by atoms with Crippen LogP contribution in [-0.2, 0) is 11.8 Å². The number of rotatable bonds is 1. The number of carbonyl (C=O) groups excluding carboxylic acids is 1. The summed E-state index contributed by atoms with van der Waals surface area (Å²) in [6, 6.07) is 5.89. The fraction of sp³-hybridized carbons (Fsp3) is 0.529. The molecule has 7 heteroatoms. The molecule has 0 saturated carbocycles. The zero-order valence-electron chi connectivity index (χ0n) is 14.5. The maximum atomic E-state index is 12.3. The zero-order chi connectivity index (χ0) is 17.5. The zero-order valence-corrected chi connectivity index (χ0v) is 14.5. The summed E-state index contributed by atoms with van der Waals surface area (Å²) in [5, 5.41) is 3.43. The van der Waals surface area contributed by atoms with Gasteiger partial charge in [-0.05, 0) is 38.5 Å². The molecule has 1 fully saturated rings.